The van der Waals surface area contributed by atoms with E-state index in [4.69, 9.17) is 4.18 Å². The van der Waals surface area contributed by atoms with Crippen LogP contribution in [0.4, 0.5) is 0 Å². The van der Waals surface area contributed by atoms with Crippen LogP contribution in [0.3, 0.4) is 0 Å². The van der Waals surface area contributed by atoms with Gasteiger partial charge in [-0.05, 0) is 43.8 Å². The van der Waals surface area contributed by atoms with E-state index in [9.17, 15) is 8.42 Å². The van der Waals surface area contributed by atoms with Crippen molar-refractivity contribution in [2.75, 3.05) is 20.1 Å². The van der Waals surface area contributed by atoms with Crippen LogP contribution in [0.1, 0.15) is 16.7 Å². The minimum absolute atomic E-state index is 0.158. The molecule has 1 N–H and O–H groups in total. The van der Waals surface area contributed by atoms with Crippen LogP contribution in [0.2, 0.25) is 0 Å². The van der Waals surface area contributed by atoms with E-state index < -0.39 is 10.1 Å². The van der Waals surface area contributed by atoms with Crippen LogP contribution in [0, 0.1) is 6.92 Å². The van der Waals surface area contributed by atoms with Crippen molar-refractivity contribution in [2.24, 2.45) is 0 Å². The van der Waals surface area contributed by atoms with Crippen LogP contribution in [0.25, 0.3) is 6.08 Å². The standard InChI is InChI=1S/C19H22N2O3S/c1-15-6-8-17(9-7-15)25(22,23)24-19-5-3-4-16-14-21(13-11-20-2)12-10-18(16)19/h3-10,12,20H,11,13-14H2,1-2H3. The van der Waals surface area contributed by atoms with Crippen LogP contribution in [-0.2, 0) is 16.7 Å². The van der Waals surface area contributed by atoms with E-state index in [1.165, 1.54) is 0 Å². The van der Waals surface area contributed by atoms with Crippen LogP contribution in [0.15, 0.2) is 53.6 Å². The lowest BCUT2D eigenvalue weighted by Gasteiger charge is -2.26. The van der Waals surface area contributed by atoms with Gasteiger partial charge in [-0.25, -0.2) is 0 Å². The van der Waals surface area contributed by atoms with Crippen molar-refractivity contribution in [1.29, 1.82) is 0 Å². The van der Waals surface area contributed by atoms with Gasteiger partial charge >= 0.3 is 10.1 Å². The molecule has 132 valence electrons. The first-order chi connectivity index (χ1) is 12.0. The average molecular weight is 358 g/mol. The van der Waals surface area contributed by atoms with Crippen LogP contribution in [0.5, 0.6) is 5.75 Å². The minimum Gasteiger partial charge on any atom is -0.378 e. The van der Waals surface area contributed by atoms with E-state index >= 15 is 0 Å². The number of aryl methyl sites for hydroxylation is 1. The fourth-order valence-electron chi connectivity index (χ4n) is 2.72. The maximum Gasteiger partial charge on any atom is 0.339 e. The molecule has 0 bridgehead atoms. The second-order valence-electron chi connectivity index (χ2n) is 6.07. The average Bonchev–Trinajstić information content (AvgIpc) is 2.60. The Morgan fingerprint density at radius 3 is 2.64 bits per heavy atom. The molecule has 0 amide bonds. The molecule has 0 aliphatic carbocycles. The first kappa shape index (κ1) is 17.5. The van der Waals surface area contributed by atoms with E-state index in [-0.39, 0.29) is 4.90 Å². The molecule has 5 nitrogen and oxygen atoms in total. The van der Waals surface area contributed by atoms with Crippen LogP contribution < -0.4 is 9.50 Å². The minimum atomic E-state index is -3.85. The number of hydrogen-bond acceptors (Lipinski definition) is 5. The van der Waals surface area contributed by atoms with Gasteiger partial charge in [0, 0.05) is 31.4 Å². The van der Waals surface area contributed by atoms with E-state index in [0.717, 1.165) is 36.3 Å². The molecule has 0 unspecified atom stereocenters. The largest absolute Gasteiger partial charge is 0.378 e. The van der Waals surface area contributed by atoms with Gasteiger partial charge < -0.3 is 14.4 Å². The zero-order chi connectivity index (χ0) is 17.9. The van der Waals surface area contributed by atoms with Crippen LogP contribution >= 0.6 is 0 Å². The van der Waals surface area contributed by atoms with E-state index in [2.05, 4.69) is 10.2 Å². The highest BCUT2D eigenvalue weighted by Crippen LogP contribution is 2.30. The lowest BCUT2D eigenvalue weighted by atomic mass is 10.0. The van der Waals surface area contributed by atoms with Gasteiger partial charge in [0.2, 0.25) is 0 Å². The topological polar surface area (TPSA) is 58.6 Å². The lowest BCUT2D eigenvalue weighted by Crippen LogP contribution is -2.28. The van der Waals surface area contributed by atoms with Gasteiger partial charge in [0.05, 0.1) is 0 Å². The second-order valence-corrected chi connectivity index (χ2v) is 7.62. The van der Waals surface area contributed by atoms with Gasteiger partial charge in [-0.15, -0.1) is 0 Å². The summed E-state index contributed by atoms with van der Waals surface area (Å²) in [6.07, 6.45) is 3.89. The highest BCUT2D eigenvalue weighted by molar-refractivity contribution is 7.87. The summed E-state index contributed by atoms with van der Waals surface area (Å²) in [5.41, 5.74) is 2.87. The quantitative estimate of drug-likeness (QED) is 0.805. The summed E-state index contributed by atoms with van der Waals surface area (Å²) in [7, 11) is -1.93. The Labute approximate surface area is 149 Å². The van der Waals surface area contributed by atoms with Gasteiger partial charge in [0.1, 0.15) is 4.90 Å². The molecule has 2 aromatic rings. The third-order valence-electron chi connectivity index (χ3n) is 4.14. The fraction of sp³-hybridized carbons (Fsp3) is 0.263. The summed E-state index contributed by atoms with van der Waals surface area (Å²) < 4.78 is 30.5. The Kier molecular flexibility index (Phi) is 5.11. The maximum atomic E-state index is 12.5. The smallest absolute Gasteiger partial charge is 0.339 e. The number of hydrogen-bond donors (Lipinski definition) is 1. The Hall–Kier alpha value is -2.31. The molecule has 6 heteroatoms. The van der Waals surface area contributed by atoms with Crippen molar-refractivity contribution < 1.29 is 12.6 Å². The molecule has 0 fully saturated rings. The first-order valence-corrected chi connectivity index (χ1v) is 9.60. The molecule has 1 aliphatic heterocycles. The Balaban J connectivity index is 1.85. The first-order valence-electron chi connectivity index (χ1n) is 8.19. The van der Waals surface area contributed by atoms with Crippen molar-refractivity contribution in [3.63, 3.8) is 0 Å². The molecule has 2 aromatic carbocycles. The number of fused-ring (bicyclic) bond motifs is 1. The van der Waals surface area contributed by atoms with Gasteiger partial charge in [-0.2, -0.15) is 8.42 Å². The zero-order valence-electron chi connectivity index (χ0n) is 14.4. The van der Waals surface area contributed by atoms with Crippen molar-refractivity contribution in [3.05, 3.63) is 65.4 Å². The number of benzene rings is 2. The normalized spacial score (nSPS) is 13.6. The molecule has 1 aliphatic rings. The SMILES string of the molecule is CNCCN1C=Cc2c(cccc2OS(=O)(=O)c2ccc(C)cc2)C1. The van der Waals surface area contributed by atoms with Gasteiger partial charge in [0.25, 0.3) is 0 Å². The van der Waals surface area contributed by atoms with Crippen LogP contribution in [-0.4, -0.2) is 33.5 Å². The number of nitrogens with one attached hydrogen (secondary N) is 1. The van der Waals surface area contributed by atoms with Gasteiger partial charge in [-0.3, -0.25) is 0 Å². The Morgan fingerprint density at radius 2 is 1.92 bits per heavy atom. The molecule has 1 heterocycles. The fourth-order valence-corrected chi connectivity index (χ4v) is 3.67. The van der Waals surface area contributed by atoms with Crippen molar-refractivity contribution in [1.82, 2.24) is 10.2 Å². The molecule has 0 saturated carbocycles. The summed E-state index contributed by atoms with van der Waals surface area (Å²) >= 11 is 0. The maximum absolute atomic E-state index is 12.5. The Morgan fingerprint density at radius 1 is 1.16 bits per heavy atom. The molecule has 0 aromatic heterocycles. The number of likely N-dealkylation sites (N-methyl/N-ethyl adjacent to an activating group) is 1. The molecular formula is C19H22N2O3S. The Bertz CT molecular complexity index is 874. The third-order valence-corrected chi connectivity index (χ3v) is 5.39. The summed E-state index contributed by atoms with van der Waals surface area (Å²) in [6.45, 7) is 4.42. The van der Waals surface area contributed by atoms with Gasteiger partial charge in [-0.1, -0.05) is 29.8 Å². The van der Waals surface area contributed by atoms with Gasteiger partial charge in [0.15, 0.2) is 5.75 Å². The molecule has 3 rings (SSSR count). The predicted molar refractivity (Wildman–Crippen MR) is 98.8 cm³/mol. The van der Waals surface area contributed by atoms with Crippen molar-refractivity contribution >= 4 is 16.2 Å². The van der Waals surface area contributed by atoms with E-state index in [0.29, 0.717) is 5.75 Å². The van der Waals surface area contributed by atoms with Crippen molar-refractivity contribution in [3.8, 4) is 5.75 Å². The predicted octanol–water partition coefficient (Wildman–Crippen LogP) is 2.77. The highest BCUT2D eigenvalue weighted by atomic mass is 32.2. The monoisotopic (exact) mass is 358 g/mol. The number of nitrogens with zero attached hydrogens (tertiary/aromatic N) is 1. The second kappa shape index (κ2) is 7.29. The summed E-state index contributed by atoms with van der Waals surface area (Å²) in [5.74, 6) is 0.364. The number of rotatable bonds is 6. The zero-order valence-corrected chi connectivity index (χ0v) is 15.2. The van der Waals surface area contributed by atoms with E-state index in [1.54, 1.807) is 30.3 Å². The molecular weight excluding hydrogens is 336 g/mol. The molecule has 0 atom stereocenters. The highest BCUT2D eigenvalue weighted by Gasteiger charge is 2.21. The van der Waals surface area contributed by atoms with Crippen molar-refractivity contribution in [2.45, 2.75) is 18.4 Å². The molecule has 0 saturated heterocycles. The molecule has 0 radical (unpaired) electrons. The summed E-state index contributed by atoms with van der Waals surface area (Å²) in [6, 6.07) is 12.2. The molecule has 25 heavy (non-hydrogen) atoms. The summed E-state index contributed by atoms with van der Waals surface area (Å²) in [5, 5.41) is 3.12. The summed E-state index contributed by atoms with van der Waals surface area (Å²) in [4.78, 5) is 2.34. The van der Waals surface area contributed by atoms with E-state index in [1.807, 2.05) is 38.4 Å². The third kappa shape index (κ3) is 4.03. The lowest BCUT2D eigenvalue weighted by molar-refractivity contribution is 0.366. The molecule has 0 spiro atoms.